The predicted octanol–water partition coefficient (Wildman–Crippen LogP) is 4.89. The molecular weight excluding hydrogens is 385 g/mol. The van der Waals surface area contributed by atoms with E-state index in [0.717, 1.165) is 0 Å². The summed E-state index contributed by atoms with van der Waals surface area (Å²) in [6, 6.07) is 11.9. The molecule has 0 aliphatic heterocycles. The summed E-state index contributed by atoms with van der Waals surface area (Å²) in [7, 11) is 0. The Morgan fingerprint density at radius 1 is 1.21 bits per heavy atom. The van der Waals surface area contributed by atoms with E-state index in [9.17, 15) is 18.0 Å². The molecule has 0 spiro atoms. The van der Waals surface area contributed by atoms with Crippen LogP contribution in [0.15, 0.2) is 59.1 Å². The van der Waals surface area contributed by atoms with Gasteiger partial charge in [0.1, 0.15) is 11.6 Å². The fourth-order valence-corrected chi connectivity index (χ4v) is 2.79. The number of hydrogen-bond acceptors (Lipinski definition) is 4. The van der Waals surface area contributed by atoms with E-state index in [-0.39, 0.29) is 24.5 Å². The van der Waals surface area contributed by atoms with Gasteiger partial charge in [0.15, 0.2) is 11.7 Å². The molecule has 29 heavy (non-hydrogen) atoms. The highest BCUT2D eigenvalue weighted by Gasteiger charge is 2.14. The number of halogens is 3. The van der Waals surface area contributed by atoms with E-state index in [4.69, 9.17) is 4.42 Å². The molecule has 1 aromatic heterocycles. The van der Waals surface area contributed by atoms with Crippen LogP contribution in [0.5, 0.6) is 5.75 Å². The molecule has 1 N–H and O–H groups in total. The van der Waals surface area contributed by atoms with Crippen LogP contribution in [0.25, 0.3) is 11.3 Å². The molecule has 0 aliphatic carbocycles. The number of carbonyl (C=O) groups is 1. The first-order valence-corrected chi connectivity index (χ1v) is 8.96. The van der Waals surface area contributed by atoms with Crippen LogP contribution in [-0.4, -0.2) is 17.5 Å². The molecule has 0 fully saturated rings. The van der Waals surface area contributed by atoms with Crippen LogP contribution in [0.2, 0.25) is 0 Å². The second-order valence-electron chi connectivity index (χ2n) is 6.34. The normalized spacial score (nSPS) is 12.0. The zero-order valence-electron chi connectivity index (χ0n) is 15.6. The summed E-state index contributed by atoms with van der Waals surface area (Å²) in [4.78, 5) is 16.3. The van der Waals surface area contributed by atoms with Crippen LogP contribution in [-0.2, 0) is 11.2 Å². The minimum atomic E-state index is -2.91. The van der Waals surface area contributed by atoms with Crippen molar-refractivity contribution in [3.05, 3.63) is 72.0 Å². The number of benzene rings is 2. The van der Waals surface area contributed by atoms with Gasteiger partial charge in [0.05, 0.1) is 17.8 Å². The Morgan fingerprint density at radius 2 is 2.00 bits per heavy atom. The maximum Gasteiger partial charge on any atom is 0.387 e. The van der Waals surface area contributed by atoms with Gasteiger partial charge in [-0.3, -0.25) is 4.79 Å². The molecule has 0 radical (unpaired) electrons. The number of aryl methyl sites for hydroxylation is 1. The van der Waals surface area contributed by atoms with Gasteiger partial charge in [0.2, 0.25) is 5.91 Å². The minimum absolute atomic E-state index is 0.0269. The zero-order valence-corrected chi connectivity index (χ0v) is 15.6. The van der Waals surface area contributed by atoms with E-state index in [1.165, 1.54) is 24.4 Å². The highest BCUT2D eigenvalue weighted by Crippen LogP contribution is 2.24. The molecule has 8 heteroatoms. The van der Waals surface area contributed by atoms with Crippen molar-refractivity contribution < 1.29 is 27.1 Å². The summed E-state index contributed by atoms with van der Waals surface area (Å²) < 4.78 is 48.4. The van der Waals surface area contributed by atoms with Crippen molar-refractivity contribution in [2.75, 3.05) is 0 Å². The molecule has 3 rings (SSSR count). The lowest BCUT2D eigenvalue weighted by atomic mass is 10.1. The van der Waals surface area contributed by atoms with E-state index in [1.54, 1.807) is 37.3 Å². The number of rotatable bonds is 8. The lowest BCUT2D eigenvalue weighted by Crippen LogP contribution is -2.26. The Morgan fingerprint density at radius 3 is 2.76 bits per heavy atom. The molecular formula is C21H19F3N2O3. The summed E-state index contributed by atoms with van der Waals surface area (Å²) in [5.74, 6) is -0.0386. The Hall–Kier alpha value is -3.29. The van der Waals surface area contributed by atoms with Crippen molar-refractivity contribution in [2.24, 2.45) is 0 Å². The summed E-state index contributed by atoms with van der Waals surface area (Å²) in [5, 5.41) is 2.78. The van der Waals surface area contributed by atoms with E-state index in [0.29, 0.717) is 22.8 Å². The van der Waals surface area contributed by atoms with Crippen molar-refractivity contribution in [1.82, 2.24) is 10.3 Å². The highest BCUT2D eigenvalue weighted by atomic mass is 19.3. The number of hydrogen-bond donors (Lipinski definition) is 1. The second kappa shape index (κ2) is 9.27. The average Bonchev–Trinajstić information content (AvgIpc) is 3.15. The van der Waals surface area contributed by atoms with E-state index in [1.807, 2.05) is 0 Å². The highest BCUT2D eigenvalue weighted by molar-refractivity contribution is 5.76. The number of amides is 1. The standard InChI is InChI=1S/C21H19F3N2O3/c1-13(14-5-4-6-15(11-14)28-21(23)24)26-19(27)9-10-20-25-12-18(29-20)16-7-2-3-8-17(16)22/h2-8,11-13,21H,9-10H2,1H3,(H,26,27). The molecule has 0 saturated heterocycles. The molecule has 2 aromatic carbocycles. The monoisotopic (exact) mass is 404 g/mol. The fraction of sp³-hybridized carbons (Fsp3) is 0.238. The number of alkyl halides is 2. The number of aromatic nitrogens is 1. The third-order valence-electron chi connectivity index (χ3n) is 4.22. The molecule has 0 bridgehead atoms. The van der Waals surface area contributed by atoms with Crippen LogP contribution in [0.4, 0.5) is 13.2 Å². The zero-order chi connectivity index (χ0) is 20.8. The first-order valence-electron chi connectivity index (χ1n) is 8.96. The molecule has 1 amide bonds. The molecule has 0 saturated carbocycles. The van der Waals surface area contributed by atoms with E-state index >= 15 is 0 Å². The van der Waals surface area contributed by atoms with Gasteiger partial charge in [-0.2, -0.15) is 8.78 Å². The summed E-state index contributed by atoms with van der Waals surface area (Å²) in [6.07, 6.45) is 1.76. The molecule has 1 heterocycles. The molecule has 152 valence electrons. The predicted molar refractivity (Wildman–Crippen MR) is 99.8 cm³/mol. The van der Waals surface area contributed by atoms with Gasteiger partial charge < -0.3 is 14.5 Å². The quantitative estimate of drug-likeness (QED) is 0.581. The summed E-state index contributed by atoms with van der Waals surface area (Å²) in [6.45, 7) is -1.17. The molecule has 5 nitrogen and oxygen atoms in total. The Bertz CT molecular complexity index is 975. The van der Waals surface area contributed by atoms with Crippen LogP contribution >= 0.6 is 0 Å². The summed E-state index contributed by atoms with van der Waals surface area (Å²) in [5.41, 5.74) is 0.935. The van der Waals surface area contributed by atoms with E-state index in [2.05, 4.69) is 15.0 Å². The van der Waals surface area contributed by atoms with E-state index < -0.39 is 18.5 Å². The number of oxazole rings is 1. The first-order chi connectivity index (χ1) is 13.9. The number of ether oxygens (including phenoxy) is 1. The van der Waals surface area contributed by atoms with Crippen molar-refractivity contribution in [3.63, 3.8) is 0 Å². The van der Waals surface area contributed by atoms with Crippen LogP contribution in [0, 0.1) is 5.82 Å². The minimum Gasteiger partial charge on any atom is -0.441 e. The summed E-state index contributed by atoms with van der Waals surface area (Å²) >= 11 is 0. The lowest BCUT2D eigenvalue weighted by Gasteiger charge is -2.15. The molecule has 1 atom stereocenters. The Labute approximate surface area is 165 Å². The third kappa shape index (κ3) is 5.60. The maximum absolute atomic E-state index is 13.8. The van der Waals surface area contributed by atoms with Gasteiger partial charge in [-0.25, -0.2) is 9.37 Å². The molecule has 1 unspecified atom stereocenters. The van der Waals surface area contributed by atoms with Crippen molar-refractivity contribution in [3.8, 4) is 17.1 Å². The van der Waals surface area contributed by atoms with Gasteiger partial charge in [-0.15, -0.1) is 0 Å². The third-order valence-corrected chi connectivity index (χ3v) is 4.22. The van der Waals surface area contributed by atoms with Crippen molar-refractivity contribution in [2.45, 2.75) is 32.4 Å². The Kier molecular flexibility index (Phi) is 6.54. The van der Waals surface area contributed by atoms with Crippen LogP contribution < -0.4 is 10.1 Å². The van der Waals surface area contributed by atoms with Crippen molar-refractivity contribution >= 4 is 5.91 Å². The number of nitrogens with one attached hydrogen (secondary N) is 1. The lowest BCUT2D eigenvalue weighted by molar-refractivity contribution is -0.121. The number of nitrogens with zero attached hydrogens (tertiary/aromatic N) is 1. The van der Waals surface area contributed by atoms with Gasteiger partial charge >= 0.3 is 6.61 Å². The first kappa shape index (κ1) is 20.4. The topological polar surface area (TPSA) is 64.4 Å². The average molecular weight is 404 g/mol. The smallest absolute Gasteiger partial charge is 0.387 e. The van der Waals surface area contributed by atoms with Crippen LogP contribution in [0.1, 0.15) is 30.8 Å². The molecule has 3 aromatic rings. The van der Waals surface area contributed by atoms with Crippen molar-refractivity contribution in [1.29, 1.82) is 0 Å². The van der Waals surface area contributed by atoms with Gasteiger partial charge in [0, 0.05) is 12.8 Å². The van der Waals surface area contributed by atoms with Gasteiger partial charge in [-0.1, -0.05) is 24.3 Å². The Balaban J connectivity index is 1.54. The van der Waals surface area contributed by atoms with Gasteiger partial charge in [-0.05, 0) is 36.8 Å². The SMILES string of the molecule is CC(NC(=O)CCc1ncc(-c2ccccc2F)o1)c1cccc(OC(F)F)c1. The maximum atomic E-state index is 13.8. The second-order valence-corrected chi connectivity index (χ2v) is 6.34. The largest absolute Gasteiger partial charge is 0.441 e. The number of carbonyl (C=O) groups excluding carboxylic acids is 1. The van der Waals surface area contributed by atoms with Gasteiger partial charge in [0.25, 0.3) is 0 Å². The van der Waals surface area contributed by atoms with Crippen LogP contribution in [0.3, 0.4) is 0 Å². The fourth-order valence-electron chi connectivity index (χ4n) is 2.79. The molecule has 0 aliphatic rings.